The number of urea groups is 1. The van der Waals surface area contributed by atoms with Crippen LogP contribution in [0.15, 0.2) is 22.7 Å². The number of rotatable bonds is 4. The van der Waals surface area contributed by atoms with Crippen molar-refractivity contribution in [1.29, 1.82) is 0 Å². The number of benzene rings is 1. The van der Waals surface area contributed by atoms with E-state index in [1.165, 1.54) is 0 Å². The number of hydrogen-bond acceptors (Lipinski definition) is 3. The molecular weight excluding hydrogens is 310 g/mol. The third-order valence-electron chi connectivity index (χ3n) is 2.53. The van der Waals surface area contributed by atoms with Crippen molar-refractivity contribution in [3.63, 3.8) is 0 Å². The number of carbonyl (C=O) groups excluding carboxylic acids is 2. The highest BCUT2D eigenvalue weighted by molar-refractivity contribution is 9.10. The summed E-state index contributed by atoms with van der Waals surface area (Å²) in [5, 5.41) is 7.85. The van der Waals surface area contributed by atoms with Gasteiger partial charge in [-0.2, -0.15) is 0 Å². The van der Waals surface area contributed by atoms with Crippen LogP contribution in [0.5, 0.6) is 0 Å². The number of hydrogen-bond donors (Lipinski definition) is 3. The molecule has 0 saturated heterocycles. The molecule has 0 aliphatic carbocycles. The summed E-state index contributed by atoms with van der Waals surface area (Å²) in [6.45, 7) is 5.92. The Kier molecular flexibility index (Phi) is 5.82. The second kappa shape index (κ2) is 7.13. The Morgan fingerprint density at radius 2 is 2.05 bits per heavy atom. The standard InChI is InChI=1S/C13H18BrN3O2/c1-4-15-13(19)17-12(18)9(3)16-11-6-5-10(14)7-8(11)2/h5-7,9,16H,4H2,1-3H3,(H2,15,17,18,19). The average molecular weight is 328 g/mol. The van der Waals surface area contributed by atoms with Gasteiger partial charge in [0.15, 0.2) is 0 Å². The van der Waals surface area contributed by atoms with Gasteiger partial charge < -0.3 is 10.6 Å². The van der Waals surface area contributed by atoms with Gasteiger partial charge in [-0.3, -0.25) is 10.1 Å². The van der Waals surface area contributed by atoms with Crippen LogP contribution in [0.4, 0.5) is 10.5 Å². The lowest BCUT2D eigenvalue weighted by atomic mass is 10.2. The summed E-state index contributed by atoms with van der Waals surface area (Å²) < 4.78 is 0.981. The van der Waals surface area contributed by atoms with Crippen LogP contribution >= 0.6 is 15.9 Å². The van der Waals surface area contributed by atoms with Crippen LogP contribution in [-0.4, -0.2) is 24.5 Å². The topological polar surface area (TPSA) is 70.2 Å². The summed E-state index contributed by atoms with van der Waals surface area (Å²) in [5.74, 6) is -0.367. The van der Waals surface area contributed by atoms with Gasteiger partial charge in [0.25, 0.3) is 0 Å². The van der Waals surface area contributed by atoms with E-state index in [4.69, 9.17) is 0 Å². The van der Waals surface area contributed by atoms with Crippen LogP contribution in [0.25, 0.3) is 0 Å². The summed E-state index contributed by atoms with van der Waals surface area (Å²) in [4.78, 5) is 23.0. The first-order valence-electron chi connectivity index (χ1n) is 6.05. The van der Waals surface area contributed by atoms with E-state index in [-0.39, 0.29) is 5.91 Å². The molecule has 19 heavy (non-hydrogen) atoms. The molecule has 1 atom stereocenters. The summed E-state index contributed by atoms with van der Waals surface area (Å²) in [5.41, 5.74) is 1.88. The number of aryl methyl sites for hydroxylation is 1. The molecule has 1 rings (SSSR count). The van der Waals surface area contributed by atoms with Crippen LogP contribution in [-0.2, 0) is 4.79 Å². The van der Waals surface area contributed by atoms with Crippen molar-refractivity contribution in [2.45, 2.75) is 26.8 Å². The molecule has 0 aliphatic heterocycles. The third kappa shape index (κ3) is 4.90. The Labute approximate surface area is 121 Å². The maximum absolute atomic E-state index is 11.8. The van der Waals surface area contributed by atoms with E-state index in [1.54, 1.807) is 13.8 Å². The fourth-order valence-corrected chi connectivity index (χ4v) is 1.99. The van der Waals surface area contributed by atoms with Gasteiger partial charge in [-0.1, -0.05) is 15.9 Å². The van der Waals surface area contributed by atoms with Crippen molar-refractivity contribution in [1.82, 2.24) is 10.6 Å². The van der Waals surface area contributed by atoms with Crippen LogP contribution in [0.3, 0.4) is 0 Å². The molecule has 0 aliphatic rings. The molecule has 104 valence electrons. The van der Waals surface area contributed by atoms with Crippen LogP contribution in [0.2, 0.25) is 0 Å². The average Bonchev–Trinajstić information content (AvgIpc) is 2.32. The van der Waals surface area contributed by atoms with E-state index in [0.717, 1.165) is 15.7 Å². The number of halogens is 1. The van der Waals surface area contributed by atoms with E-state index in [2.05, 4.69) is 31.9 Å². The normalized spacial score (nSPS) is 11.6. The lowest BCUT2D eigenvalue weighted by Gasteiger charge is -2.16. The smallest absolute Gasteiger partial charge is 0.321 e. The van der Waals surface area contributed by atoms with Crippen molar-refractivity contribution in [2.75, 3.05) is 11.9 Å². The number of imide groups is 1. The molecule has 0 bridgehead atoms. The molecule has 1 aromatic carbocycles. The highest BCUT2D eigenvalue weighted by Crippen LogP contribution is 2.20. The molecule has 0 radical (unpaired) electrons. The molecule has 0 heterocycles. The Balaban J connectivity index is 2.61. The first-order valence-corrected chi connectivity index (χ1v) is 6.84. The van der Waals surface area contributed by atoms with Gasteiger partial charge in [0.2, 0.25) is 5.91 Å². The van der Waals surface area contributed by atoms with E-state index < -0.39 is 12.1 Å². The fraction of sp³-hybridized carbons (Fsp3) is 0.385. The lowest BCUT2D eigenvalue weighted by Crippen LogP contribution is -2.45. The van der Waals surface area contributed by atoms with Gasteiger partial charge in [0.1, 0.15) is 6.04 Å². The van der Waals surface area contributed by atoms with Crippen molar-refractivity contribution in [3.8, 4) is 0 Å². The largest absolute Gasteiger partial charge is 0.374 e. The second-order valence-corrected chi connectivity index (χ2v) is 5.09. The van der Waals surface area contributed by atoms with Gasteiger partial charge in [-0.15, -0.1) is 0 Å². The minimum atomic E-state index is -0.498. The zero-order chi connectivity index (χ0) is 14.4. The fourth-order valence-electron chi connectivity index (χ4n) is 1.51. The molecule has 0 fully saturated rings. The second-order valence-electron chi connectivity index (χ2n) is 4.17. The van der Waals surface area contributed by atoms with E-state index in [9.17, 15) is 9.59 Å². The number of amides is 3. The van der Waals surface area contributed by atoms with Gasteiger partial charge in [-0.05, 0) is 44.5 Å². The molecule has 3 N–H and O–H groups in total. The van der Waals surface area contributed by atoms with Crippen LogP contribution in [0, 0.1) is 6.92 Å². The van der Waals surface area contributed by atoms with Crippen molar-refractivity contribution in [3.05, 3.63) is 28.2 Å². The minimum absolute atomic E-state index is 0.367. The van der Waals surface area contributed by atoms with Gasteiger partial charge in [0, 0.05) is 16.7 Å². The monoisotopic (exact) mass is 327 g/mol. The minimum Gasteiger partial charge on any atom is -0.374 e. The van der Waals surface area contributed by atoms with Gasteiger partial charge >= 0.3 is 6.03 Å². The van der Waals surface area contributed by atoms with Crippen molar-refractivity contribution in [2.24, 2.45) is 0 Å². The Morgan fingerprint density at radius 1 is 1.37 bits per heavy atom. The zero-order valence-corrected chi connectivity index (χ0v) is 12.8. The predicted molar refractivity (Wildman–Crippen MR) is 79.2 cm³/mol. The predicted octanol–water partition coefficient (Wildman–Crippen LogP) is 2.40. The van der Waals surface area contributed by atoms with Gasteiger partial charge in [-0.25, -0.2) is 4.79 Å². The summed E-state index contributed by atoms with van der Waals surface area (Å²) in [6, 6.07) is 4.76. The van der Waals surface area contributed by atoms with Gasteiger partial charge in [0.05, 0.1) is 0 Å². The van der Waals surface area contributed by atoms with E-state index >= 15 is 0 Å². The van der Waals surface area contributed by atoms with E-state index in [0.29, 0.717) is 6.54 Å². The molecule has 0 saturated carbocycles. The Morgan fingerprint density at radius 3 is 2.63 bits per heavy atom. The maximum Gasteiger partial charge on any atom is 0.321 e. The Hall–Kier alpha value is -1.56. The lowest BCUT2D eigenvalue weighted by molar-refractivity contribution is -0.120. The molecular formula is C13H18BrN3O2. The number of carbonyl (C=O) groups is 2. The summed E-state index contributed by atoms with van der Waals surface area (Å²) in [6.07, 6.45) is 0. The SMILES string of the molecule is CCNC(=O)NC(=O)C(C)Nc1ccc(Br)cc1C. The highest BCUT2D eigenvalue weighted by Gasteiger charge is 2.15. The van der Waals surface area contributed by atoms with Crippen molar-refractivity contribution >= 4 is 33.6 Å². The first kappa shape index (κ1) is 15.5. The molecule has 0 aromatic heterocycles. The molecule has 3 amide bonds. The highest BCUT2D eigenvalue weighted by atomic mass is 79.9. The van der Waals surface area contributed by atoms with Crippen molar-refractivity contribution < 1.29 is 9.59 Å². The molecule has 6 heteroatoms. The molecule has 1 unspecified atom stereocenters. The third-order valence-corrected chi connectivity index (χ3v) is 3.02. The van der Waals surface area contributed by atoms with Crippen LogP contribution in [0.1, 0.15) is 19.4 Å². The number of anilines is 1. The quantitative estimate of drug-likeness (QED) is 0.795. The maximum atomic E-state index is 11.8. The number of nitrogens with one attached hydrogen (secondary N) is 3. The summed E-state index contributed by atoms with van der Waals surface area (Å²) in [7, 11) is 0. The zero-order valence-electron chi connectivity index (χ0n) is 11.2. The molecule has 5 nitrogen and oxygen atoms in total. The molecule has 0 spiro atoms. The first-order chi connectivity index (χ1) is 8.93. The van der Waals surface area contributed by atoms with Crippen LogP contribution < -0.4 is 16.0 Å². The Bertz CT molecular complexity index is 477. The van der Waals surface area contributed by atoms with E-state index in [1.807, 2.05) is 25.1 Å². The molecule has 1 aromatic rings. The summed E-state index contributed by atoms with van der Waals surface area (Å²) >= 11 is 3.38.